The van der Waals surface area contributed by atoms with Gasteiger partial charge in [-0.1, -0.05) is 18.2 Å². The Labute approximate surface area is 115 Å². The molecule has 1 aromatic carbocycles. The smallest absolute Gasteiger partial charge is 0.0388 e. The third-order valence-electron chi connectivity index (χ3n) is 2.89. The number of hydrogen-bond acceptors (Lipinski definition) is 3. The van der Waals surface area contributed by atoms with Crippen LogP contribution < -0.4 is 5.32 Å². The molecule has 0 spiro atoms. The molecule has 1 N–H and O–H groups in total. The number of nitrogens with one attached hydrogen (secondary N) is 1. The van der Waals surface area contributed by atoms with Crippen LogP contribution in [0.15, 0.2) is 30.3 Å². The predicted molar refractivity (Wildman–Crippen MR) is 81.8 cm³/mol. The van der Waals surface area contributed by atoms with E-state index in [1.54, 1.807) is 6.26 Å². The Hall–Kier alpha value is -0.710. The van der Waals surface area contributed by atoms with Crippen LogP contribution in [0.5, 0.6) is 0 Å². The average Bonchev–Trinajstić information content (AvgIpc) is 2.71. The molecule has 0 radical (unpaired) electrons. The molecule has 3 unspecified atom stereocenters. The van der Waals surface area contributed by atoms with E-state index in [2.05, 4.69) is 49.5 Å². The van der Waals surface area contributed by atoms with Gasteiger partial charge < -0.3 is 5.32 Å². The highest BCUT2D eigenvalue weighted by Gasteiger charge is 2.13. The molecule has 0 amide bonds. The molecule has 0 aliphatic carbocycles. The first-order chi connectivity index (χ1) is 8.56. The van der Waals surface area contributed by atoms with Gasteiger partial charge in [0, 0.05) is 44.5 Å². The molecule has 3 atom stereocenters. The van der Waals surface area contributed by atoms with E-state index >= 15 is 0 Å². The van der Waals surface area contributed by atoms with Crippen molar-refractivity contribution in [2.45, 2.75) is 25.9 Å². The van der Waals surface area contributed by atoms with E-state index in [-0.39, 0.29) is 6.04 Å². The first-order valence-electron chi connectivity index (χ1n) is 6.11. The van der Waals surface area contributed by atoms with Crippen LogP contribution in [0, 0.1) is 0 Å². The third-order valence-corrected chi connectivity index (χ3v) is 5.16. The summed E-state index contributed by atoms with van der Waals surface area (Å²) in [5.74, 6) is 0.704. The van der Waals surface area contributed by atoms with Gasteiger partial charge in [-0.3, -0.25) is 4.21 Å². The van der Waals surface area contributed by atoms with Crippen molar-refractivity contribution in [3.63, 3.8) is 0 Å². The summed E-state index contributed by atoms with van der Waals surface area (Å²) in [6, 6.07) is 11.3. The van der Waals surface area contributed by atoms with Crippen molar-refractivity contribution in [2.75, 3.05) is 12.0 Å². The molecule has 4 heteroatoms. The maximum absolute atomic E-state index is 11.2. The summed E-state index contributed by atoms with van der Waals surface area (Å²) in [5.41, 5.74) is 0. The van der Waals surface area contributed by atoms with Crippen LogP contribution in [0.3, 0.4) is 0 Å². The summed E-state index contributed by atoms with van der Waals surface area (Å²) in [6.07, 6.45) is 1.75. The number of fused-ring (bicyclic) bond motifs is 1. The van der Waals surface area contributed by atoms with Gasteiger partial charge in [-0.2, -0.15) is 0 Å². The number of hydrogen-bond donors (Lipinski definition) is 1. The Bertz CT molecular complexity index is 516. The highest BCUT2D eigenvalue weighted by Crippen LogP contribution is 2.29. The van der Waals surface area contributed by atoms with E-state index in [0.29, 0.717) is 11.8 Å². The molecule has 0 aliphatic heterocycles. The predicted octanol–water partition coefficient (Wildman–Crippen LogP) is 3.32. The highest BCUT2D eigenvalue weighted by atomic mass is 32.2. The van der Waals surface area contributed by atoms with Gasteiger partial charge in [-0.25, -0.2) is 0 Å². The molecule has 98 valence electrons. The Balaban J connectivity index is 2.08. The Morgan fingerprint density at radius 1 is 1.33 bits per heavy atom. The van der Waals surface area contributed by atoms with Crippen LogP contribution in [0.1, 0.15) is 24.8 Å². The van der Waals surface area contributed by atoms with Gasteiger partial charge in [0.25, 0.3) is 0 Å². The molecule has 18 heavy (non-hydrogen) atoms. The number of thiophene rings is 1. The van der Waals surface area contributed by atoms with Crippen LogP contribution in [0.4, 0.5) is 0 Å². The SMILES string of the molecule is CC(CS(C)=O)NC(C)c1cc2ccccc2s1. The molecule has 0 aliphatic rings. The lowest BCUT2D eigenvalue weighted by atomic mass is 10.2. The van der Waals surface area contributed by atoms with E-state index < -0.39 is 10.8 Å². The summed E-state index contributed by atoms with van der Waals surface area (Å²) in [6.45, 7) is 4.25. The second kappa shape index (κ2) is 5.95. The fourth-order valence-electron chi connectivity index (χ4n) is 2.12. The highest BCUT2D eigenvalue weighted by molar-refractivity contribution is 7.84. The molecule has 0 fully saturated rings. The summed E-state index contributed by atoms with van der Waals surface area (Å²) in [4.78, 5) is 1.34. The maximum atomic E-state index is 11.2. The quantitative estimate of drug-likeness (QED) is 0.911. The van der Waals surface area contributed by atoms with E-state index in [1.165, 1.54) is 15.0 Å². The van der Waals surface area contributed by atoms with Gasteiger partial charge in [0.1, 0.15) is 0 Å². The van der Waals surface area contributed by atoms with E-state index in [4.69, 9.17) is 0 Å². The molecule has 0 saturated carbocycles. The minimum absolute atomic E-state index is 0.274. The molecule has 1 aromatic heterocycles. The summed E-state index contributed by atoms with van der Waals surface area (Å²) in [7, 11) is -0.742. The van der Waals surface area contributed by atoms with Crippen molar-refractivity contribution in [3.05, 3.63) is 35.2 Å². The van der Waals surface area contributed by atoms with Crippen LogP contribution in [-0.2, 0) is 10.8 Å². The first-order valence-corrected chi connectivity index (χ1v) is 8.65. The third kappa shape index (κ3) is 3.40. The lowest BCUT2D eigenvalue weighted by Gasteiger charge is -2.18. The summed E-state index contributed by atoms with van der Waals surface area (Å²) < 4.78 is 12.5. The van der Waals surface area contributed by atoms with Gasteiger partial charge in [-0.15, -0.1) is 11.3 Å². The Morgan fingerprint density at radius 2 is 2.06 bits per heavy atom. The number of benzene rings is 1. The lowest BCUT2D eigenvalue weighted by Crippen LogP contribution is -2.32. The van der Waals surface area contributed by atoms with E-state index in [0.717, 1.165) is 0 Å². The van der Waals surface area contributed by atoms with Gasteiger partial charge in [0.05, 0.1) is 0 Å². The second-order valence-corrected chi connectivity index (χ2v) is 7.31. The van der Waals surface area contributed by atoms with Gasteiger partial charge >= 0.3 is 0 Å². The van der Waals surface area contributed by atoms with E-state index in [1.807, 2.05) is 11.3 Å². The molecule has 0 bridgehead atoms. The fourth-order valence-corrected chi connectivity index (χ4v) is 4.00. The van der Waals surface area contributed by atoms with Crippen LogP contribution in [0.2, 0.25) is 0 Å². The van der Waals surface area contributed by atoms with Crippen molar-refractivity contribution < 1.29 is 4.21 Å². The van der Waals surface area contributed by atoms with E-state index in [9.17, 15) is 4.21 Å². The topological polar surface area (TPSA) is 29.1 Å². The van der Waals surface area contributed by atoms with Gasteiger partial charge in [0.2, 0.25) is 0 Å². The minimum atomic E-state index is -0.742. The zero-order valence-electron chi connectivity index (χ0n) is 11.0. The molecule has 2 rings (SSSR count). The van der Waals surface area contributed by atoms with Crippen molar-refractivity contribution in [1.82, 2.24) is 5.32 Å². The zero-order valence-corrected chi connectivity index (χ0v) is 12.6. The Kier molecular flexibility index (Phi) is 4.54. The summed E-state index contributed by atoms with van der Waals surface area (Å²) in [5, 5.41) is 4.81. The maximum Gasteiger partial charge on any atom is 0.0388 e. The van der Waals surface area contributed by atoms with Gasteiger partial charge in [0.15, 0.2) is 0 Å². The standard InChI is InChI=1S/C14H19NOS2/c1-10(9-18(3)16)15-11(2)14-8-12-6-4-5-7-13(12)17-14/h4-8,10-11,15H,9H2,1-3H3. The van der Waals surface area contributed by atoms with Crippen LogP contribution >= 0.6 is 11.3 Å². The lowest BCUT2D eigenvalue weighted by molar-refractivity contribution is 0.514. The van der Waals surface area contributed by atoms with Crippen molar-refractivity contribution >= 4 is 32.2 Å². The number of rotatable bonds is 5. The average molecular weight is 281 g/mol. The monoisotopic (exact) mass is 281 g/mol. The van der Waals surface area contributed by atoms with Crippen molar-refractivity contribution in [1.29, 1.82) is 0 Å². The second-order valence-electron chi connectivity index (χ2n) is 4.72. The molecule has 2 aromatic rings. The minimum Gasteiger partial charge on any atom is -0.306 e. The summed E-state index contributed by atoms with van der Waals surface area (Å²) >= 11 is 1.83. The first kappa shape index (κ1) is 13.7. The van der Waals surface area contributed by atoms with Crippen LogP contribution in [-0.4, -0.2) is 22.3 Å². The van der Waals surface area contributed by atoms with Crippen LogP contribution in [0.25, 0.3) is 10.1 Å². The molecular weight excluding hydrogens is 262 g/mol. The Morgan fingerprint density at radius 3 is 2.72 bits per heavy atom. The van der Waals surface area contributed by atoms with Crippen molar-refractivity contribution in [3.8, 4) is 0 Å². The van der Waals surface area contributed by atoms with Gasteiger partial charge in [-0.05, 0) is 31.4 Å². The molecule has 2 nitrogen and oxygen atoms in total. The molecule has 0 saturated heterocycles. The zero-order chi connectivity index (χ0) is 13.1. The normalized spacial score (nSPS) is 16.6. The fraction of sp³-hybridized carbons (Fsp3) is 0.429. The molecule has 1 heterocycles. The molecular formula is C14H19NOS2. The largest absolute Gasteiger partial charge is 0.306 e. The van der Waals surface area contributed by atoms with Crippen molar-refractivity contribution in [2.24, 2.45) is 0 Å².